The Morgan fingerprint density at radius 1 is 1.33 bits per heavy atom. The second kappa shape index (κ2) is 8.21. The van der Waals surface area contributed by atoms with Gasteiger partial charge in [0.1, 0.15) is 5.01 Å². The number of hydrogen-bond donors (Lipinski definition) is 0. The number of carbonyl (C=O) groups is 1. The summed E-state index contributed by atoms with van der Waals surface area (Å²) in [5.41, 5.74) is -5.45. The normalized spacial score (nSPS) is 13.2. The van der Waals surface area contributed by atoms with Gasteiger partial charge >= 0.3 is 21.6 Å². The lowest BCUT2D eigenvalue weighted by Crippen LogP contribution is -2.28. The van der Waals surface area contributed by atoms with Gasteiger partial charge in [-0.25, -0.2) is 9.97 Å². The van der Waals surface area contributed by atoms with Gasteiger partial charge in [0.2, 0.25) is 5.88 Å². The molecule has 0 spiro atoms. The highest BCUT2D eigenvalue weighted by Crippen LogP contribution is 2.32. The fourth-order valence-electron chi connectivity index (χ4n) is 2.07. The van der Waals surface area contributed by atoms with Gasteiger partial charge in [0.15, 0.2) is 0 Å². The summed E-state index contributed by atoms with van der Waals surface area (Å²) >= 11 is 1.28. The second-order valence-electron chi connectivity index (χ2n) is 5.25. The molecule has 0 fully saturated rings. The number of nitrogens with zero attached hydrogens (tertiary/aromatic N) is 2. The molecule has 0 aliphatic heterocycles. The smallest absolute Gasteiger partial charge is 0.466 e. The summed E-state index contributed by atoms with van der Waals surface area (Å²) in [7, 11) is -5.85. The molecule has 0 radical (unpaired) electrons. The van der Waals surface area contributed by atoms with Crippen LogP contribution in [0.15, 0.2) is 24.4 Å². The zero-order valence-corrected chi connectivity index (χ0v) is 15.8. The van der Waals surface area contributed by atoms with Gasteiger partial charge in [0, 0.05) is 17.1 Å². The predicted octanol–water partition coefficient (Wildman–Crippen LogP) is 3.16. The lowest BCUT2D eigenvalue weighted by Gasteiger charge is -2.15. The summed E-state index contributed by atoms with van der Waals surface area (Å²) in [5.74, 6) is -2.03. The maximum atomic E-state index is 12.5. The summed E-state index contributed by atoms with van der Waals surface area (Å²) < 4.78 is 68.8. The molecule has 1 atom stereocenters. The first kappa shape index (κ1) is 21.1. The predicted molar refractivity (Wildman–Crippen MR) is 89.8 cm³/mol. The van der Waals surface area contributed by atoms with Crippen LogP contribution in [-0.2, 0) is 19.6 Å². The number of ether oxygens (including phenoxy) is 1. The van der Waals surface area contributed by atoms with Crippen molar-refractivity contribution in [3.05, 3.63) is 40.0 Å². The first-order valence-corrected chi connectivity index (χ1v) is 9.81. The molecule has 0 N–H and O–H groups in total. The van der Waals surface area contributed by atoms with Crippen molar-refractivity contribution in [2.45, 2.75) is 31.7 Å². The lowest BCUT2D eigenvalue weighted by molar-refractivity contribution is -0.143. The molecule has 0 saturated carbocycles. The van der Waals surface area contributed by atoms with Crippen LogP contribution in [0.25, 0.3) is 0 Å². The Bertz CT molecular complexity index is 912. The van der Waals surface area contributed by atoms with E-state index in [2.05, 4.69) is 14.2 Å². The van der Waals surface area contributed by atoms with E-state index in [1.54, 1.807) is 20.0 Å². The molecule has 0 bridgehead atoms. The molecule has 2 aromatic rings. The van der Waals surface area contributed by atoms with E-state index in [4.69, 9.17) is 4.74 Å². The number of esters is 1. The molecular formula is C15H15F3N2O5S2. The fraction of sp³-hybridized carbons (Fsp3) is 0.400. The number of carbonyl (C=O) groups excluding carboxylic acids is 1. The van der Waals surface area contributed by atoms with E-state index in [-0.39, 0.29) is 18.7 Å². The van der Waals surface area contributed by atoms with Crippen molar-refractivity contribution in [1.82, 2.24) is 9.97 Å². The van der Waals surface area contributed by atoms with Crippen molar-refractivity contribution in [2.75, 3.05) is 6.61 Å². The fourth-order valence-corrected chi connectivity index (χ4v) is 3.37. The molecule has 2 aromatic heterocycles. The van der Waals surface area contributed by atoms with Crippen molar-refractivity contribution in [1.29, 1.82) is 0 Å². The summed E-state index contributed by atoms with van der Waals surface area (Å²) in [6, 6.07) is 3.69. The third kappa shape index (κ3) is 5.39. The first-order chi connectivity index (χ1) is 12.5. The highest BCUT2D eigenvalue weighted by molar-refractivity contribution is 7.87. The minimum Gasteiger partial charge on any atom is -0.466 e. The molecule has 148 valence electrons. The Morgan fingerprint density at radius 3 is 2.59 bits per heavy atom. The van der Waals surface area contributed by atoms with Crippen LogP contribution < -0.4 is 4.18 Å². The highest BCUT2D eigenvalue weighted by Gasteiger charge is 2.48. The van der Waals surface area contributed by atoms with Gasteiger partial charge in [-0.05, 0) is 19.9 Å². The van der Waals surface area contributed by atoms with Gasteiger partial charge in [-0.2, -0.15) is 21.6 Å². The molecule has 0 aliphatic carbocycles. The molecule has 0 aromatic carbocycles. The molecule has 7 nitrogen and oxygen atoms in total. The first-order valence-electron chi connectivity index (χ1n) is 7.59. The van der Waals surface area contributed by atoms with Gasteiger partial charge in [0.25, 0.3) is 0 Å². The van der Waals surface area contributed by atoms with Crippen LogP contribution in [0.2, 0.25) is 0 Å². The number of pyridine rings is 1. The minimum absolute atomic E-state index is 0.132. The van der Waals surface area contributed by atoms with Crippen LogP contribution in [-0.4, -0.2) is 36.5 Å². The van der Waals surface area contributed by atoms with Gasteiger partial charge in [-0.15, -0.1) is 11.3 Å². The van der Waals surface area contributed by atoms with Gasteiger partial charge in [-0.3, -0.25) is 4.79 Å². The topological polar surface area (TPSA) is 95.5 Å². The van der Waals surface area contributed by atoms with E-state index < -0.39 is 33.4 Å². The largest absolute Gasteiger partial charge is 0.534 e. The van der Waals surface area contributed by atoms with Crippen LogP contribution in [0.4, 0.5) is 13.2 Å². The SMILES string of the molecule is CCOC(=O)CC(c1cccc(OS(=O)(=O)C(F)(F)F)n1)c1ncc(C)s1. The van der Waals surface area contributed by atoms with E-state index in [1.165, 1.54) is 23.5 Å². The van der Waals surface area contributed by atoms with E-state index in [1.807, 2.05) is 0 Å². The van der Waals surface area contributed by atoms with Crippen LogP contribution in [0.5, 0.6) is 5.88 Å². The number of alkyl halides is 3. The zero-order valence-electron chi connectivity index (χ0n) is 14.2. The van der Waals surface area contributed by atoms with Crippen molar-refractivity contribution in [2.24, 2.45) is 0 Å². The monoisotopic (exact) mass is 424 g/mol. The molecule has 27 heavy (non-hydrogen) atoms. The molecule has 2 rings (SSSR count). The van der Waals surface area contributed by atoms with Crippen molar-refractivity contribution < 1.29 is 35.3 Å². The lowest BCUT2D eigenvalue weighted by atomic mass is 10.0. The number of aromatic nitrogens is 2. The van der Waals surface area contributed by atoms with Crippen LogP contribution in [0.1, 0.15) is 34.8 Å². The average molecular weight is 424 g/mol. The highest BCUT2D eigenvalue weighted by atomic mass is 32.2. The molecule has 12 heteroatoms. The average Bonchev–Trinajstić information content (AvgIpc) is 2.98. The minimum atomic E-state index is -5.85. The Morgan fingerprint density at radius 2 is 2.04 bits per heavy atom. The number of rotatable bonds is 7. The molecule has 0 aliphatic rings. The van der Waals surface area contributed by atoms with Crippen LogP contribution in [0, 0.1) is 6.92 Å². The standard InChI is InChI=1S/C15H15F3N2O5S2/c1-3-24-13(21)7-10(14-19-8-9(2)26-14)11-5-4-6-12(20-11)25-27(22,23)15(16,17)18/h4-6,8,10H,3,7H2,1-2H3. The van der Waals surface area contributed by atoms with Crippen molar-refractivity contribution in [3.63, 3.8) is 0 Å². The summed E-state index contributed by atoms with van der Waals surface area (Å²) in [6.45, 7) is 3.59. The van der Waals surface area contributed by atoms with E-state index in [9.17, 15) is 26.4 Å². The molecule has 0 saturated heterocycles. The Balaban J connectivity index is 2.37. The number of halogens is 3. The summed E-state index contributed by atoms with van der Waals surface area (Å²) in [6.07, 6.45) is 1.41. The third-order valence-corrected chi connectivity index (χ3v) is 5.18. The summed E-state index contributed by atoms with van der Waals surface area (Å²) in [5, 5.41) is 0.490. The maximum Gasteiger partial charge on any atom is 0.534 e. The Hall–Kier alpha value is -2.21. The molecule has 1 unspecified atom stereocenters. The second-order valence-corrected chi connectivity index (χ2v) is 8.06. The van der Waals surface area contributed by atoms with Gasteiger partial charge < -0.3 is 8.92 Å². The summed E-state index contributed by atoms with van der Waals surface area (Å²) in [4.78, 5) is 20.8. The zero-order chi connectivity index (χ0) is 20.2. The van der Waals surface area contributed by atoms with Crippen LogP contribution >= 0.6 is 11.3 Å². The molecule has 2 heterocycles. The van der Waals surface area contributed by atoms with Gasteiger partial charge in [0.05, 0.1) is 24.6 Å². The number of thiazole rings is 1. The van der Waals surface area contributed by atoms with Crippen molar-refractivity contribution >= 4 is 27.4 Å². The third-order valence-electron chi connectivity index (χ3n) is 3.19. The Kier molecular flexibility index (Phi) is 6.42. The Labute approximate surface area is 157 Å². The quantitative estimate of drug-likeness (QED) is 0.383. The molecule has 0 amide bonds. The molecular weight excluding hydrogens is 409 g/mol. The van der Waals surface area contributed by atoms with Crippen molar-refractivity contribution in [3.8, 4) is 5.88 Å². The van der Waals surface area contributed by atoms with E-state index in [0.717, 1.165) is 10.9 Å². The van der Waals surface area contributed by atoms with E-state index in [0.29, 0.717) is 5.01 Å². The maximum absolute atomic E-state index is 12.5. The number of aryl methyl sites for hydroxylation is 1. The van der Waals surface area contributed by atoms with Gasteiger partial charge in [-0.1, -0.05) is 6.07 Å². The number of hydrogen-bond acceptors (Lipinski definition) is 8. The van der Waals surface area contributed by atoms with E-state index >= 15 is 0 Å². The van der Waals surface area contributed by atoms with Crippen LogP contribution in [0.3, 0.4) is 0 Å².